The lowest BCUT2D eigenvalue weighted by molar-refractivity contribution is -0.159. The minimum Gasteiger partial charge on any atom is -0.469 e. The van der Waals surface area contributed by atoms with E-state index in [0.717, 1.165) is 16.7 Å². The Morgan fingerprint density at radius 3 is 2.44 bits per heavy atom. The lowest BCUT2D eigenvalue weighted by Gasteiger charge is -2.37. The zero-order valence-corrected chi connectivity index (χ0v) is 15.2. The SMILES string of the molecule is COC(=O)[C@@H]1CCN(C(=O)Cc2cc(C)ccc2C)[C@H](C(=O)OC)C1. The second kappa shape index (κ2) is 8.14. The fourth-order valence-corrected chi connectivity index (χ4v) is 3.26. The molecule has 1 aromatic rings. The standard InChI is InChI=1S/C19H25NO5/c1-12-5-6-13(2)15(9-12)11-17(21)20-8-7-14(18(22)24-3)10-16(20)19(23)25-4/h5-6,9,14,16H,7-8,10-11H2,1-4H3/t14-,16+/m1/s1. The maximum absolute atomic E-state index is 12.8. The Bertz CT molecular complexity index is 670. The summed E-state index contributed by atoms with van der Waals surface area (Å²) in [6.07, 6.45) is 0.945. The molecule has 6 nitrogen and oxygen atoms in total. The van der Waals surface area contributed by atoms with Gasteiger partial charge in [-0.25, -0.2) is 4.79 Å². The Morgan fingerprint density at radius 2 is 1.80 bits per heavy atom. The molecule has 0 N–H and O–H groups in total. The van der Waals surface area contributed by atoms with E-state index in [1.165, 1.54) is 19.1 Å². The summed E-state index contributed by atoms with van der Waals surface area (Å²) in [6, 6.07) is 5.23. The summed E-state index contributed by atoms with van der Waals surface area (Å²) in [5.41, 5.74) is 3.07. The van der Waals surface area contributed by atoms with E-state index in [-0.39, 0.29) is 30.6 Å². The number of benzene rings is 1. The average Bonchev–Trinajstić information content (AvgIpc) is 2.62. The molecule has 0 spiro atoms. The van der Waals surface area contributed by atoms with Crippen LogP contribution in [0.2, 0.25) is 0 Å². The van der Waals surface area contributed by atoms with Gasteiger partial charge in [0.25, 0.3) is 0 Å². The minimum absolute atomic E-state index is 0.132. The molecule has 2 rings (SSSR count). The zero-order valence-electron chi connectivity index (χ0n) is 15.2. The van der Waals surface area contributed by atoms with Crippen molar-refractivity contribution in [3.8, 4) is 0 Å². The summed E-state index contributed by atoms with van der Waals surface area (Å²) in [4.78, 5) is 38.3. The number of ether oxygens (including phenoxy) is 2. The molecular formula is C19H25NO5. The van der Waals surface area contributed by atoms with Gasteiger partial charge in [0.2, 0.25) is 5.91 Å². The van der Waals surface area contributed by atoms with Crippen molar-refractivity contribution in [1.82, 2.24) is 4.90 Å². The van der Waals surface area contributed by atoms with Crippen molar-refractivity contribution in [2.75, 3.05) is 20.8 Å². The van der Waals surface area contributed by atoms with Crippen LogP contribution in [0, 0.1) is 19.8 Å². The molecule has 25 heavy (non-hydrogen) atoms. The quantitative estimate of drug-likeness (QED) is 0.777. The highest BCUT2D eigenvalue weighted by Gasteiger charge is 2.39. The van der Waals surface area contributed by atoms with E-state index in [9.17, 15) is 14.4 Å². The van der Waals surface area contributed by atoms with Crippen LogP contribution in [0.3, 0.4) is 0 Å². The van der Waals surface area contributed by atoms with Crippen LogP contribution in [0.25, 0.3) is 0 Å². The fraction of sp³-hybridized carbons (Fsp3) is 0.526. The van der Waals surface area contributed by atoms with Crippen LogP contribution in [-0.2, 0) is 30.3 Å². The predicted octanol–water partition coefficient (Wildman–Crippen LogP) is 1.80. The maximum atomic E-state index is 12.8. The molecular weight excluding hydrogens is 322 g/mol. The lowest BCUT2D eigenvalue weighted by Crippen LogP contribution is -2.52. The van der Waals surface area contributed by atoms with Crippen molar-refractivity contribution >= 4 is 17.8 Å². The Balaban J connectivity index is 2.17. The van der Waals surface area contributed by atoms with Crippen molar-refractivity contribution in [3.05, 3.63) is 34.9 Å². The van der Waals surface area contributed by atoms with Gasteiger partial charge in [-0.1, -0.05) is 23.8 Å². The highest BCUT2D eigenvalue weighted by Crippen LogP contribution is 2.26. The number of aryl methyl sites for hydroxylation is 2. The van der Waals surface area contributed by atoms with E-state index in [0.29, 0.717) is 13.0 Å². The number of rotatable bonds is 4. The number of likely N-dealkylation sites (tertiary alicyclic amines) is 1. The number of piperidine rings is 1. The summed E-state index contributed by atoms with van der Waals surface area (Å²) in [6.45, 7) is 4.28. The molecule has 1 aliphatic rings. The number of carbonyl (C=O) groups is 3. The van der Waals surface area contributed by atoms with E-state index >= 15 is 0 Å². The van der Waals surface area contributed by atoms with Crippen molar-refractivity contribution < 1.29 is 23.9 Å². The number of nitrogens with zero attached hydrogens (tertiary/aromatic N) is 1. The molecule has 1 aromatic carbocycles. The molecule has 0 aliphatic carbocycles. The molecule has 1 heterocycles. The predicted molar refractivity (Wildman–Crippen MR) is 91.9 cm³/mol. The van der Waals surface area contributed by atoms with Gasteiger partial charge in [0.05, 0.1) is 26.6 Å². The molecule has 1 amide bonds. The third kappa shape index (κ3) is 4.38. The average molecular weight is 347 g/mol. The van der Waals surface area contributed by atoms with Crippen LogP contribution in [0.15, 0.2) is 18.2 Å². The first-order chi connectivity index (χ1) is 11.9. The van der Waals surface area contributed by atoms with Crippen molar-refractivity contribution in [2.45, 2.75) is 39.2 Å². The Kier molecular flexibility index (Phi) is 6.17. The van der Waals surface area contributed by atoms with E-state index in [1.807, 2.05) is 32.0 Å². The van der Waals surface area contributed by atoms with E-state index in [4.69, 9.17) is 9.47 Å². The van der Waals surface area contributed by atoms with Crippen LogP contribution >= 0.6 is 0 Å². The van der Waals surface area contributed by atoms with Crippen LogP contribution in [-0.4, -0.2) is 49.6 Å². The first-order valence-electron chi connectivity index (χ1n) is 8.38. The van der Waals surface area contributed by atoms with E-state index in [1.54, 1.807) is 0 Å². The highest BCUT2D eigenvalue weighted by molar-refractivity contribution is 5.87. The molecule has 0 radical (unpaired) electrons. The second-order valence-corrected chi connectivity index (χ2v) is 6.48. The number of methoxy groups -OCH3 is 2. The van der Waals surface area contributed by atoms with Gasteiger partial charge in [0, 0.05) is 6.54 Å². The van der Waals surface area contributed by atoms with Gasteiger partial charge in [-0.05, 0) is 37.8 Å². The molecule has 1 aliphatic heterocycles. The zero-order chi connectivity index (χ0) is 18.6. The number of hydrogen-bond donors (Lipinski definition) is 0. The van der Waals surface area contributed by atoms with Crippen LogP contribution < -0.4 is 0 Å². The van der Waals surface area contributed by atoms with Crippen molar-refractivity contribution in [3.63, 3.8) is 0 Å². The van der Waals surface area contributed by atoms with Crippen molar-refractivity contribution in [1.29, 1.82) is 0 Å². The van der Waals surface area contributed by atoms with Crippen LogP contribution in [0.1, 0.15) is 29.5 Å². The monoisotopic (exact) mass is 347 g/mol. The van der Waals surface area contributed by atoms with Gasteiger partial charge < -0.3 is 14.4 Å². The largest absolute Gasteiger partial charge is 0.469 e. The third-order valence-electron chi connectivity index (χ3n) is 4.78. The summed E-state index contributed by atoms with van der Waals surface area (Å²) < 4.78 is 9.62. The number of hydrogen-bond acceptors (Lipinski definition) is 5. The normalized spacial score (nSPS) is 20.1. The molecule has 0 unspecified atom stereocenters. The van der Waals surface area contributed by atoms with Gasteiger partial charge in [0.1, 0.15) is 6.04 Å². The van der Waals surface area contributed by atoms with E-state index in [2.05, 4.69) is 0 Å². The first kappa shape index (κ1) is 19.0. The van der Waals surface area contributed by atoms with Gasteiger partial charge in [0.15, 0.2) is 0 Å². The topological polar surface area (TPSA) is 72.9 Å². The summed E-state index contributed by atoms with van der Waals surface area (Å²) >= 11 is 0. The minimum atomic E-state index is -0.750. The number of amides is 1. The van der Waals surface area contributed by atoms with Crippen LogP contribution in [0.4, 0.5) is 0 Å². The lowest BCUT2D eigenvalue weighted by atomic mass is 9.90. The summed E-state index contributed by atoms with van der Waals surface area (Å²) in [5, 5.41) is 0. The van der Waals surface area contributed by atoms with Gasteiger partial charge in [-0.15, -0.1) is 0 Å². The molecule has 1 saturated heterocycles. The Labute approximate surface area is 148 Å². The molecule has 6 heteroatoms. The fourth-order valence-electron chi connectivity index (χ4n) is 3.26. The maximum Gasteiger partial charge on any atom is 0.328 e. The van der Waals surface area contributed by atoms with Gasteiger partial charge in [-0.3, -0.25) is 9.59 Å². The Morgan fingerprint density at radius 1 is 1.12 bits per heavy atom. The molecule has 0 bridgehead atoms. The molecule has 0 aromatic heterocycles. The molecule has 1 fully saturated rings. The first-order valence-corrected chi connectivity index (χ1v) is 8.38. The number of esters is 2. The summed E-state index contributed by atoms with van der Waals surface area (Å²) in [7, 11) is 2.62. The van der Waals surface area contributed by atoms with E-state index < -0.39 is 12.0 Å². The third-order valence-corrected chi connectivity index (χ3v) is 4.78. The molecule has 136 valence electrons. The highest BCUT2D eigenvalue weighted by atomic mass is 16.5. The van der Waals surface area contributed by atoms with Crippen molar-refractivity contribution in [2.24, 2.45) is 5.92 Å². The molecule has 0 saturated carbocycles. The number of carbonyl (C=O) groups excluding carboxylic acids is 3. The smallest absolute Gasteiger partial charge is 0.328 e. The molecule has 2 atom stereocenters. The second-order valence-electron chi connectivity index (χ2n) is 6.48. The Hall–Kier alpha value is -2.37. The van der Waals surface area contributed by atoms with Gasteiger partial charge >= 0.3 is 11.9 Å². The van der Waals surface area contributed by atoms with Gasteiger partial charge in [-0.2, -0.15) is 0 Å². The van der Waals surface area contributed by atoms with Crippen LogP contribution in [0.5, 0.6) is 0 Å². The summed E-state index contributed by atoms with van der Waals surface area (Å²) in [5.74, 6) is -1.37.